The number of hydrogen-bond acceptors (Lipinski definition) is 8. The van der Waals surface area contributed by atoms with Crippen molar-refractivity contribution in [3.63, 3.8) is 0 Å². The van der Waals surface area contributed by atoms with E-state index in [1.54, 1.807) is 4.68 Å². The number of hydrogen-bond donors (Lipinski definition) is 1. The van der Waals surface area contributed by atoms with Crippen molar-refractivity contribution in [2.24, 2.45) is 13.0 Å². The summed E-state index contributed by atoms with van der Waals surface area (Å²) in [7, 11) is 3.96. The van der Waals surface area contributed by atoms with Gasteiger partial charge in [0.15, 0.2) is 5.52 Å². The highest BCUT2D eigenvalue weighted by Crippen LogP contribution is 2.29. The number of piperazine rings is 2. The molecule has 3 aliphatic rings. The van der Waals surface area contributed by atoms with E-state index >= 15 is 0 Å². The van der Waals surface area contributed by atoms with E-state index < -0.39 is 0 Å². The van der Waals surface area contributed by atoms with Gasteiger partial charge in [0, 0.05) is 84.5 Å². The van der Waals surface area contributed by atoms with Crippen LogP contribution in [0, 0.1) is 5.92 Å². The molecule has 1 aliphatic carbocycles. The number of H-pyrrole nitrogens is 1. The predicted molar refractivity (Wildman–Crippen MR) is 164 cm³/mol. The lowest BCUT2D eigenvalue weighted by Crippen LogP contribution is -2.54. The molecule has 0 spiro atoms. The maximum Gasteiger partial charge on any atom is 0.278 e. The zero-order valence-corrected chi connectivity index (χ0v) is 26.0. The van der Waals surface area contributed by atoms with Crippen LogP contribution in [-0.2, 0) is 17.3 Å². The number of carbonyl (C=O) groups excluding carboxylic acids is 1. The summed E-state index contributed by atoms with van der Waals surface area (Å²) < 4.78 is 1.67. The number of nitrogens with one attached hydrogen (secondary N) is 1. The van der Waals surface area contributed by atoms with Gasteiger partial charge in [-0.25, -0.2) is 4.98 Å². The number of rotatable bonds is 8. The number of amides is 1. The van der Waals surface area contributed by atoms with Crippen LogP contribution < -0.4 is 10.5 Å². The molecule has 1 N–H and O–H groups in total. The van der Waals surface area contributed by atoms with Gasteiger partial charge >= 0.3 is 0 Å². The topological polar surface area (TPSA) is 96.8 Å². The molecule has 0 bridgehead atoms. The standard InChI is InChI=1S/C30H51N9O2/c1-30(2,3)27-25-26(35(5)33-27)28(41)32-29(31-25)39(21-23-9-7-6-8-10-23)20-17-36-15-18-38(19-16-36)24(40)22-37-13-11-34(4)12-14-37/h23H,6-22H2,1-5H3,(H,31,32,41). The fraction of sp³-hybridized carbons (Fsp3) is 0.800. The van der Waals surface area contributed by atoms with Crippen LogP contribution in [0.3, 0.4) is 0 Å². The Morgan fingerprint density at radius 1 is 0.951 bits per heavy atom. The highest BCUT2D eigenvalue weighted by atomic mass is 16.2. The smallest absolute Gasteiger partial charge is 0.278 e. The number of aryl methyl sites for hydroxylation is 1. The van der Waals surface area contributed by atoms with Crippen molar-refractivity contribution in [1.82, 2.24) is 39.3 Å². The molecule has 2 aromatic rings. The van der Waals surface area contributed by atoms with E-state index in [1.807, 2.05) is 11.9 Å². The van der Waals surface area contributed by atoms with E-state index in [-0.39, 0.29) is 16.9 Å². The number of likely N-dealkylation sites (N-methyl/N-ethyl adjacent to an activating group) is 1. The van der Waals surface area contributed by atoms with E-state index in [0.29, 0.717) is 29.4 Å². The molecular weight excluding hydrogens is 518 g/mol. The Balaban J connectivity index is 1.25. The second-order valence-electron chi connectivity index (χ2n) is 13.6. The Labute approximate surface area is 244 Å². The molecule has 0 atom stereocenters. The van der Waals surface area contributed by atoms with Gasteiger partial charge in [-0.1, -0.05) is 40.0 Å². The van der Waals surface area contributed by atoms with Gasteiger partial charge in [0.2, 0.25) is 11.9 Å². The van der Waals surface area contributed by atoms with E-state index in [9.17, 15) is 9.59 Å². The van der Waals surface area contributed by atoms with Crippen molar-refractivity contribution in [3.8, 4) is 0 Å². The second-order valence-corrected chi connectivity index (χ2v) is 13.6. The summed E-state index contributed by atoms with van der Waals surface area (Å²) in [5.41, 5.74) is 1.76. The molecule has 2 aromatic heterocycles. The van der Waals surface area contributed by atoms with E-state index in [0.717, 1.165) is 77.7 Å². The highest BCUT2D eigenvalue weighted by molar-refractivity contribution is 5.79. The van der Waals surface area contributed by atoms with Gasteiger partial charge < -0.3 is 14.7 Å². The minimum absolute atomic E-state index is 0.128. The first-order valence-electron chi connectivity index (χ1n) is 15.7. The normalized spacial score (nSPS) is 20.7. The molecule has 11 heteroatoms. The van der Waals surface area contributed by atoms with Crippen LogP contribution in [0.1, 0.15) is 58.6 Å². The third kappa shape index (κ3) is 7.29. The van der Waals surface area contributed by atoms with Crippen molar-refractivity contribution in [2.75, 3.05) is 90.5 Å². The van der Waals surface area contributed by atoms with Crippen LogP contribution in [0.15, 0.2) is 4.79 Å². The Bertz CT molecular complexity index is 1230. The van der Waals surface area contributed by atoms with Crippen LogP contribution in [-0.4, -0.2) is 131 Å². The summed E-state index contributed by atoms with van der Waals surface area (Å²) in [5.74, 6) is 1.53. The zero-order valence-electron chi connectivity index (χ0n) is 26.0. The lowest BCUT2D eigenvalue weighted by molar-refractivity contribution is -0.134. The van der Waals surface area contributed by atoms with Gasteiger partial charge in [-0.05, 0) is 25.8 Å². The molecule has 0 aromatic carbocycles. The third-order valence-corrected chi connectivity index (χ3v) is 9.26. The molecule has 0 unspecified atom stereocenters. The molecule has 1 amide bonds. The molecule has 5 rings (SSSR count). The first-order valence-corrected chi connectivity index (χ1v) is 15.7. The lowest BCUT2D eigenvalue weighted by atomic mass is 9.89. The van der Waals surface area contributed by atoms with Gasteiger partial charge in [-0.3, -0.25) is 29.1 Å². The van der Waals surface area contributed by atoms with Crippen LogP contribution in [0.2, 0.25) is 0 Å². The minimum atomic E-state index is -0.215. The van der Waals surface area contributed by atoms with Crippen molar-refractivity contribution >= 4 is 22.9 Å². The summed E-state index contributed by atoms with van der Waals surface area (Å²) in [4.78, 5) is 45.8. The van der Waals surface area contributed by atoms with Crippen molar-refractivity contribution in [1.29, 1.82) is 0 Å². The Hall–Kier alpha value is -2.50. The van der Waals surface area contributed by atoms with E-state index in [2.05, 4.69) is 57.5 Å². The fourth-order valence-corrected chi connectivity index (χ4v) is 6.57. The molecule has 2 aliphatic heterocycles. The van der Waals surface area contributed by atoms with Crippen molar-refractivity contribution in [3.05, 3.63) is 16.0 Å². The van der Waals surface area contributed by atoms with E-state index in [1.165, 1.54) is 32.1 Å². The SMILES string of the molecule is CN1CCN(CC(=O)N2CCN(CCN(CC3CCCCC3)c3nc4c(C(C)(C)C)nn(C)c4c(=O)[nH]3)CC2)CC1. The predicted octanol–water partition coefficient (Wildman–Crippen LogP) is 1.73. The zero-order chi connectivity index (χ0) is 29.1. The maximum absolute atomic E-state index is 13.3. The van der Waals surface area contributed by atoms with Crippen molar-refractivity contribution in [2.45, 2.75) is 58.3 Å². The minimum Gasteiger partial charge on any atom is -0.341 e. The van der Waals surface area contributed by atoms with Gasteiger partial charge in [0.25, 0.3) is 5.56 Å². The summed E-state index contributed by atoms with van der Waals surface area (Å²) in [5, 5.41) is 4.69. The molecule has 0 radical (unpaired) electrons. The summed E-state index contributed by atoms with van der Waals surface area (Å²) in [6.07, 6.45) is 6.35. The molecule has 228 valence electrons. The number of anilines is 1. The average Bonchev–Trinajstić information content (AvgIpc) is 3.30. The number of nitrogens with zero attached hydrogens (tertiary/aromatic N) is 8. The number of aromatic nitrogens is 4. The van der Waals surface area contributed by atoms with Crippen LogP contribution in [0.25, 0.3) is 11.0 Å². The monoisotopic (exact) mass is 569 g/mol. The maximum atomic E-state index is 13.3. The molecule has 1 saturated carbocycles. The highest BCUT2D eigenvalue weighted by Gasteiger charge is 2.28. The average molecular weight is 570 g/mol. The second kappa shape index (κ2) is 12.8. The van der Waals surface area contributed by atoms with Crippen LogP contribution in [0.4, 0.5) is 5.95 Å². The molecular formula is C30H51N9O2. The molecule has 41 heavy (non-hydrogen) atoms. The van der Waals surface area contributed by atoms with Gasteiger partial charge in [-0.2, -0.15) is 5.10 Å². The molecule has 4 heterocycles. The number of aromatic amines is 1. The molecule has 3 fully saturated rings. The van der Waals surface area contributed by atoms with Crippen LogP contribution in [0.5, 0.6) is 0 Å². The lowest BCUT2D eigenvalue weighted by Gasteiger charge is -2.38. The van der Waals surface area contributed by atoms with Gasteiger partial charge in [0.1, 0.15) is 5.52 Å². The van der Waals surface area contributed by atoms with Gasteiger partial charge in [-0.15, -0.1) is 0 Å². The largest absolute Gasteiger partial charge is 0.341 e. The Morgan fingerprint density at radius 2 is 1.61 bits per heavy atom. The Morgan fingerprint density at radius 3 is 2.27 bits per heavy atom. The van der Waals surface area contributed by atoms with Crippen molar-refractivity contribution < 1.29 is 4.79 Å². The number of carbonyl (C=O) groups is 1. The molecule has 11 nitrogen and oxygen atoms in total. The quantitative estimate of drug-likeness (QED) is 0.514. The van der Waals surface area contributed by atoms with Gasteiger partial charge in [0.05, 0.1) is 12.2 Å². The summed E-state index contributed by atoms with van der Waals surface area (Å²) in [6.45, 7) is 16.8. The Kier molecular flexibility index (Phi) is 9.35. The summed E-state index contributed by atoms with van der Waals surface area (Å²) >= 11 is 0. The first kappa shape index (κ1) is 30.0. The van der Waals surface area contributed by atoms with E-state index in [4.69, 9.17) is 4.98 Å². The fourth-order valence-electron chi connectivity index (χ4n) is 6.57. The number of fused-ring (bicyclic) bond motifs is 1. The first-order chi connectivity index (χ1) is 19.6. The molecule has 2 saturated heterocycles. The third-order valence-electron chi connectivity index (χ3n) is 9.26. The van der Waals surface area contributed by atoms with Crippen LogP contribution >= 0.6 is 0 Å². The summed E-state index contributed by atoms with van der Waals surface area (Å²) in [6, 6.07) is 0.